The number of hydrogen-bond donors (Lipinski definition) is 1. The molecule has 0 atom stereocenters. The van der Waals surface area contributed by atoms with Gasteiger partial charge in [-0.3, -0.25) is 9.69 Å². The number of thioether (sulfide) groups is 1. The third-order valence-corrected chi connectivity index (χ3v) is 6.91. The van der Waals surface area contributed by atoms with Gasteiger partial charge in [-0.05, 0) is 55.0 Å². The van der Waals surface area contributed by atoms with E-state index in [1.165, 1.54) is 48.8 Å². The molecule has 1 N–H and O–H groups in total. The van der Waals surface area contributed by atoms with E-state index in [1.807, 2.05) is 0 Å². The molecule has 1 aromatic heterocycles. The van der Waals surface area contributed by atoms with Crippen LogP contribution in [0.15, 0.2) is 72.0 Å². The van der Waals surface area contributed by atoms with Gasteiger partial charge in [0.25, 0.3) is 0 Å². The van der Waals surface area contributed by atoms with E-state index in [0.29, 0.717) is 5.56 Å². The molecule has 10 nitrogen and oxygen atoms in total. The first-order valence-corrected chi connectivity index (χ1v) is 13.9. The quantitative estimate of drug-likeness (QED) is 0.214. The van der Waals surface area contributed by atoms with E-state index in [9.17, 15) is 35.9 Å². The van der Waals surface area contributed by atoms with Crippen LogP contribution in [0.4, 0.5) is 46.9 Å². The number of amidine groups is 1. The first-order chi connectivity index (χ1) is 21.6. The van der Waals surface area contributed by atoms with Gasteiger partial charge in [-0.1, -0.05) is 23.9 Å². The highest BCUT2D eigenvalue weighted by molar-refractivity contribution is 8.15. The van der Waals surface area contributed by atoms with Gasteiger partial charge >= 0.3 is 18.6 Å². The number of aryl methyl sites for hydroxylation is 1. The summed E-state index contributed by atoms with van der Waals surface area (Å²) in [5.74, 6) is -2.38. The van der Waals surface area contributed by atoms with Crippen LogP contribution in [0.5, 0.6) is 11.5 Å². The number of hydrogen-bond acceptors (Lipinski definition) is 7. The Balaban J connectivity index is 1.32. The number of benzene rings is 3. The summed E-state index contributed by atoms with van der Waals surface area (Å²) in [6, 6.07) is 11.6. The Hall–Kier alpha value is -5.13. The predicted molar refractivity (Wildman–Crippen MR) is 153 cm³/mol. The second-order valence-corrected chi connectivity index (χ2v) is 10.4. The van der Waals surface area contributed by atoms with Gasteiger partial charge in [0.15, 0.2) is 17.6 Å². The lowest BCUT2D eigenvalue weighted by molar-refractivity contribution is -0.274. The molecule has 240 valence electrons. The van der Waals surface area contributed by atoms with Gasteiger partial charge in [0.2, 0.25) is 5.91 Å². The maximum Gasteiger partial charge on any atom is 0.573 e. The summed E-state index contributed by atoms with van der Waals surface area (Å²) < 4.78 is 101. The highest BCUT2D eigenvalue weighted by Crippen LogP contribution is 2.36. The first kappa shape index (κ1) is 32.3. The van der Waals surface area contributed by atoms with Gasteiger partial charge < -0.3 is 14.8 Å². The standard InChI is InChI=1S/C28H19F7N6O4S/c1-15-5-8-22(44-13-27(30,31)32)21(9-15)41-23(42)12-46-26(41)38-25(43)37-20-7-6-16(10-19(20)29)24-36-14-40(39-24)17-3-2-4-18(11-17)45-28(33,34)35/h2-11,14H,12-13H2,1H3,(H,37,43)/b38-26-. The largest absolute Gasteiger partial charge is 0.573 e. The number of carbonyl (C=O) groups excluding carboxylic acids is 2. The fraction of sp³-hybridized carbons (Fsp3) is 0.179. The molecule has 0 radical (unpaired) electrons. The molecule has 0 aliphatic carbocycles. The molecule has 5 rings (SSSR count). The molecular weight excluding hydrogens is 649 g/mol. The number of carbonyl (C=O) groups is 2. The van der Waals surface area contributed by atoms with Gasteiger partial charge in [0.1, 0.15) is 23.6 Å². The van der Waals surface area contributed by atoms with Crippen LogP contribution in [0.25, 0.3) is 17.1 Å². The number of halogens is 7. The molecule has 1 saturated heterocycles. The summed E-state index contributed by atoms with van der Waals surface area (Å²) in [7, 11) is 0. The van der Waals surface area contributed by atoms with E-state index in [0.717, 1.165) is 39.5 Å². The summed E-state index contributed by atoms with van der Waals surface area (Å²) in [5.41, 5.74) is 0.588. The van der Waals surface area contributed by atoms with Crippen molar-refractivity contribution in [3.8, 4) is 28.6 Å². The second-order valence-electron chi connectivity index (χ2n) is 9.47. The zero-order valence-electron chi connectivity index (χ0n) is 23.2. The number of aliphatic imine (C=N–C) groups is 1. The molecule has 2 heterocycles. The van der Waals surface area contributed by atoms with Crippen LogP contribution >= 0.6 is 11.8 Å². The topological polar surface area (TPSA) is 111 Å². The van der Waals surface area contributed by atoms with Crippen LogP contribution in [-0.4, -0.2) is 56.8 Å². The molecule has 0 bridgehead atoms. The molecule has 3 amide bonds. The minimum absolute atomic E-state index is 0.0115. The number of nitrogens with zero attached hydrogens (tertiary/aromatic N) is 5. The van der Waals surface area contributed by atoms with Crippen molar-refractivity contribution in [3.63, 3.8) is 0 Å². The number of ether oxygens (including phenoxy) is 2. The molecule has 1 aliphatic heterocycles. The molecule has 46 heavy (non-hydrogen) atoms. The van der Waals surface area contributed by atoms with Crippen LogP contribution in [0, 0.1) is 12.7 Å². The monoisotopic (exact) mass is 668 g/mol. The van der Waals surface area contributed by atoms with Crippen molar-refractivity contribution in [1.29, 1.82) is 0 Å². The van der Waals surface area contributed by atoms with E-state index in [1.54, 1.807) is 6.92 Å². The summed E-state index contributed by atoms with van der Waals surface area (Å²) in [6.07, 6.45) is -8.33. The number of anilines is 2. The highest BCUT2D eigenvalue weighted by atomic mass is 32.2. The molecule has 3 aromatic carbocycles. The number of nitrogens with one attached hydrogen (secondary N) is 1. The summed E-state index contributed by atoms with van der Waals surface area (Å²) in [5, 5.41) is 6.23. The van der Waals surface area contributed by atoms with E-state index >= 15 is 4.39 Å². The molecule has 0 spiro atoms. The Bertz CT molecular complexity index is 1830. The van der Waals surface area contributed by atoms with Crippen molar-refractivity contribution < 1.29 is 49.8 Å². The molecule has 4 aromatic rings. The molecule has 0 unspecified atom stereocenters. The Morgan fingerprint density at radius 3 is 2.57 bits per heavy atom. The number of aromatic nitrogens is 3. The minimum Gasteiger partial charge on any atom is -0.482 e. The lowest BCUT2D eigenvalue weighted by Crippen LogP contribution is -2.31. The molecule has 1 aliphatic rings. The summed E-state index contributed by atoms with van der Waals surface area (Å²) in [6.45, 7) is 0.0338. The van der Waals surface area contributed by atoms with Crippen LogP contribution in [-0.2, 0) is 4.79 Å². The smallest absolute Gasteiger partial charge is 0.482 e. The predicted octanol–water partition coefficient (Wildman–Crippen LogP) is 6.89. The molecule has 0 saturated carbocycles. The summed E-state index contributed by atoms with van der Waals surface area (Å²) >= 11 is 0.850. The lowest BCUT2D eigenvalue weighted by Gasteiger charge is -2.21. The number of amides is 3. The van der Waals surface area contributed by atoms with Gasteiger partial charge in [-0.2, -0.15) is 18.2 Å². The van der Waals surface area contributed by atoms with Crippen LogP contribution < -0.4 is 19.7 Å². The second kappa shape index (κ2) is 12.7. The van der Waals surface area contributed by atoms with Crippen molar-refractivity contribution in [3.05, 3.63) is 78.4 Å². The van der Waals surface area contributed by atoms with Gasteiger partial charge in [0, 0.05) is 11.6 Å². The third kappa shape index (κ3) is 7.92. The molecule has 18 heteroatoms. The molecular formula is C28H19F7N6O4S. The Morgan fingerprint density at radius 1 is 1.07 bits per heavy atom. The SMILES string of the molecule is Cc1ccc(OCC(F)(F)F)c(N2C(=O)CS/C2=N\C(=O)Nc2ccc(-c3ncn(-c4cccc(OC(F)(F)F)c4)n3)cc2F)c1. The normalized spacial score (nSPS) is 14.6. The van der Waals surface area contributed by atoms with E-state index < -0.39 is 42.7 Å². The lowest BCUT2D eigenvalue weighted by atomic mass is 10.2. The third-order valence-electron chi connectivity index (χ3n) is 5.99. The number of urea groups is 1. The number of rotatable bonds is 7. The highest BCUT2D eigenvalue weighted by Gasteiger charge is 2.35. The fourth-order valence-corrected chi connectivity index (χ4v) is 4.95. The van der Waals surface area contributed by atoms with Gasteiger partial charge in [-0.25, -0.2) is 18.9 Å². The zero-order valence-corrected chi connectivity index (χ0v) is 24.0. The van der Waals surface area contributed by atoms with Gasteiger partial charge in [0.05, 0.1) is 22.8 Å². The summed E-state index contributed by atoms with van der Waals surface area (Å²) in [4.78, 5) is 34.2. The van der Waals surface area contributed by atoms with Crippen LogP contribution in [0.2, 0.25) is 0 Å². The van der Waals surface area contributed by atoms with Crippen molar-refractivity contribution in [2.24, 2.45) is 4.99 Å². The van der Waals surface area contributed by atoms with Crippen molar-refractivity contribution in [1.82, 2.24) is 14.8 Å². The van der Waals surface area contributed by atoms with Crippen molar-refractivity contribution in [2.45, 2.75) is 19.5 Å². The van der Waals surface area contributed by atoms with E-state index in [2.05, 4.69) is 25.1 Å². The fourth-order valence-electron chi connectivity index (χ4n) is 4.09. The van der Waals surface area contributed by atoms with Crippen LogP contribution in [0.3, 0.4) is 0 Å². The zero-order chi connectivity index (χ0) is 33.2. The van der Waals surface area contributed by atoms with E-state index in [-0.39, 0.29) is 45.1 Å². The van der Waals surface area contributed by atoms with Crippen molar-refractivity contribution >= 4 is 40.2 Å². The minimum atomic E-state index is -4.89. The first-order valence-electron chi connectivity index (χ1n) is 12.9. The van der Waals surface area contributed by atoms with Crippen molar-refractivity contribution in [2.75, 3.05) is 22.6 Å². The molecule has 1 fully saturated rings. The van der Waals surface area contributed by atoms with E-state index in [4.69, 9.17) is 4.74 Å². The maximum atomic E-state index is 15.0. The van der Waals surface area contributed by atoms with Gasteiger partial charge in [-0.15, -0.1) is 18.3 Å². The Morgan fingerprint density at radius 2 is 1.85 bits per heavy atom. The Kier molecular flexibility index (Phi) is 8.91. The Labute approximate surface area is 258 Å². The van der Waals surface area contributed by atoms with Crippen LogP contribution in [0.1, 0.15) is 5.56 Å². The average Bonchev–Trinajstić information content (AvgIpc) is 3.59. The maximum absolute atomic E-state index is 15.0. The average molecular weight is 669 g/mol. The number of alkyl halides is 6.